The molecule has 0 amide bonds. The molecule has 2 nitrogen and oxygen atoms in total. The fourth-order valence-electron chi connectivity index (χ4n) is 0.363. The first-order valence-corrected chi connectivity index (χ1v) is 2.68. The first kappa shape index (κ1) is 5.56. The largest absolute Gasteiger partial charge is 0.383 e. The molecular formula is C5H6O2S. The summed E-state index contributed by atoms with van der Waals surface area (Å²) in [4.78, 5) is 0. The predicted octanol–water partition coefficient (Wildman–Crippen LogP) is 1.57. The summed E-state index contributed by atoms with van der Waals surface area (Å²) in [6.45, 7) is 3.80. The lowest BCUT2D eigenvalue weighted by Gasteiger charge is -2.19. The smallest absolute Gasteiger partial charge is 0.368 e. The van der Waals surface area contributed by atoms with Gasteiger partial charge in [-0.3, -0.25) is 0 Å². The van der Waals surface area contributed by atoms with Crippen LogP contribution in [0, 0.1) is 0 Å². The standard InChI is InChI=1S/C5H6O2S/c1-3(2)4-6-5(8)7-4/h1-2H3. The van der Waals surface area contributed by atoms with E-state index >= 15 is 0 Å². The van der Waals surface area contributed by atoms with Gasteiger partial charge in [0.2, 0.25) is 0 Å². The molecule has 8 heavy (non-hydrogen) atoms. The fourth-order valence-corrected chi connectivity index (χ4v) is 0.515. The van der Waals surface area contributed by atoms with E-state index in [2.05, 4.69) is 12.2 Å². The molecule has 0 bridgehead atoms. The summed E-state index contributed by atoms with van der Waals surface area (Å²) in [5.41, 5.74) is 1.01. The van der Waals surface area contributed by atoms with Crippen molar-refractivity contribution in [2.75, 3.05) is 0 Å². The number of hydrogen-bond donors (Lipinski definition) is 0. The maximum Gasteiger partial charge on any atom is 0.368 e. The first-order valence-electron chi connectivity index (χ1n) is 2.27. The van der Waals surface area contributed by atoms with Crippen molar-refractivity contribution in [1.82, 2.24) is 0 Å². The average molecular weight is 130 g/mol. The van der Waals surface area contributed by atoms with Crippen LogP contribution in [0.2, 0.25) is 0 Å². The van der Waals surface area contributed by atoms with Gasteiger partial charge in [0.05, 0.1) is 0 Å². The van der Waals surface area contributed by atoms with Crippen molar-refractivity contribution in [2.24, 2.45) is 0 Å². The Hall–Kier alpha value is -0.570. The van der Waals surface area contributed by atoms with Gasteiger partial charge in [-0.15, -0.1) is 0 Å². The predicted molar refractivity (Wildman–Crippen MR) is 33.1 cm³/mol. The third-order valence-corrected chi connectivity index (χ3v) is 0.927. The molecule has 3 heteroatoms. The molecule has 0 aromatic rings. The third-order valence-electron chi connectivity index (χ3n) is 0.760. The summed E-state index contributed by atoms with van der Waals surface area (Å²) >= 11 is 4.50. The van der Waals surface area contributed by atoms with Crippen LogP contribution in [0.4, 0.5) is 0 Å². The summed E-state index contributed by atoms with van der Waals surface area (Å²) in [6.07, 6.45) is 0. The van der Waals surface area contributed by atoms with Gasteiger partial charge in [0.1, 0.15) is 0 Å². The normalized spacial score (nSPS) is 16.2. The van der Waals surface area contributed by atoms with Crippen molar-refractivity contribution in [2.45, 2.75) is 13.8 Å². The number of allylic oxidation sites excluding steroid dienone is 1. The van der Waals surface area contributed by atoms with E-state index < -0.39 is 0 Å². The molecule has 1 heterocycles. The molecule has 0 aliphatic carbocycles. The van der Waals surface area contributed by atoms with E-state index in [1.165, 1.54) is 0 Å². The highest BCUT2D eigenvalue weighted by Gasteiger charge is 2.20. The Balaban J connectivity index is 2.57. The van der Waals surface area contributed by atoms with Crippen molar-refractivity contribution >= 4 is 17.5 Å². The van der Waals surface area contributed by atoms with Crippen LogP contribution in [0.25, 0.3) is 0 Å². The maximum absolute atomic E-state index is 4.79. The van der Waals surface area contributed by atoms with Crippen LogP contribution >= 0.6 is 12.2 Å². The molecule has 1 rings (SSSR count). The molecule has 1 aliphatic rings. The van der Waals surface area contributed by atoms with Crippen molar-refractivity contribution in [1.29, 1.82) is 0 Å². The second kappa shape index (κ2) is 1.74. The molecule has 0 aromatic carbocycles. The van der Waals surface area contributed by atoms with Gasteiger partial charge in [0, 0.05) is 17.8 Å². The average Bonchev–Trinajstić information content (AvgIpc) is 1.57. The highest BCUT2D eigenvalue weighted by Crippen LogP contribution is 2.18. The minimum Gasteiger partial charge on any atom is -0.383 e. The van der Waals surface area contributed by atoms with E-state index in [-0.39, 0.29) is 5.24 Å². The minimum atomic E-state index is 0.223. The highest BCUT2D eigenvalue weighted by atomic mass is 32.1. The van der Waals surface area contributed by atoms with Crippen LogP contribution in [0.1, 0.15) is 13.8 Å². The van der Waals surface area contributed by atoms with Crippen molar-refractivity contribution in [3.8, 4) is 0 Å². The molecule has 0 spiro atoms. The van der Waals surface area contributed by atoms with E-state index in [9.17, 15) is 0 Å². The number of thiocarbonyl (C=S) groups is 1. The fraction of sp³-hybridized carbons (Fsp3) is 0.400. The number of rotatable bonds is 0. The lowest BCUT2D eigenvalue weighted by Crippen LogP contribution is -2.20. The molecule has 44 valence electrons. The molecule has 0 N–H and O–H groups in total. The summed E-state index contributed by atoms with van der Waals surface area (Å²) < 4.78 is 9.58. The maximum atomic E-state index is 4.79. The Bertz CT molecular complexity index is 146. The van der Waals surface area contributed by atoms with Crippen LogP contribution in [-0.2, 0) is 9.47 Å². The molecule has 1 saturated heterocycles. The van der Waals surface area contributed by atoms with Crippen LogP contribution in [0.3, 0.4) is 0 Å². The van der Waals surface area contributed by atoms with E-state index in [0.717, 1.165) is 5.57 Å². The van der Waals surface area contributed by atoms with Gasteiger partial charge in [-0.1, -0.05) is 0 Å². The Kier molecular flexibility index (Phi) is 1.21. The van der Waals surface area contributed by atoms with Gasteiger partial charge in [-0.25, -0.2) is 0 Å². The van der Waals surface area contributed by atoms with E-state index in [1.807, 2.05) is 13.8 Å². The molecule has 0 radical (unpaired) electrons. The Labute approximate surface area is 53.1 Å². The number of ether oxygens (including phenoxy) is 2. The lowest BCUT2D eigenvalue weighted by molar-refractivity contribution is 0.0629. The second-order valence-electron chi connectivity index (χ2n) is 1.74. The van der Waals surface area contributed by atoms with Crippen molar-refractivity contribution in [3.05, 3.63) is 11.5 Å². The quantitative estimate of drug-likeness (QED) is 0.464. The van der Waals surface area contributed by atoms with Crippen molar-refractivity contribution < 1.29 is 9.47 Å². The van der Waals surface area contributed by atoms with E-state index in [0.29, 0.717) is 5.95 Å². The Morgan fingerprint density at radius 3 is 2.00 bits per heavy atom. The zero-order valence-corrected chi connectivity index (χ0v) is 5.54. The Morgan fingerprint density at radius 1 is 1.38 bits per heavy atom. The summed E-state index contributed by atoms with van der Waals surface area (Å²) in [5.74, 6) is 0.551. The summed E-state index contributed by atoms with van der Waals surface area (Å²) in [7, 11) is 0. The van der Waals surface area contributed by atoms with Gasteiger partial charge in [-0.05, 0) is 13.8 Å². The molecular weight excluding hydrogens is 124 g/mol. The summed E-state index contributed by atoms with van der Waals surface area (Å²) in [5, 5.41) is 0.223. The van der Waals surface area contributed by atoms with Crippen molar-refractivity contribution in [3.63, 3.8) is 0 Å². The second-order valence-corrected chi connectivity index (χ2v) is 2.07. The van der Waals surface area contributed by atoms with Crippen LogP contribution in [0.15, 0.2) is 11.5 Å². The highest BCUT2D eigenvalue weighted by molar-refractivity contribution is 7.79. The molecule has 0 saturated carbocycles. The monoisotopic (exact) mass is 130 g/mol. The third kappa shape index (κ3) is 0.816. The topological polar surface area (TPSA) is 18.5 Å². The van der Waals surface area contributed by atoms with Gasteiger partial charge in [0.15, 0.2) is 0 Å². The van der Waals surface area contributed by atoms with Gasteiger partial charge < -0.3 is 9.47 Å². The first-order chi connectivity index (χ1) is 3.70. The lowest BCUT2D eigenvalue weighted by atomic mass is 10.4. The van der Waals surface area contributed by atoms with Crippen LogP contribution in [-0.4, -0.2) is 5.24 Å². The molecule has 1 fully saturated rings. The summed E-state index contributed by atoms with van der Waals surface area (Å²) in [6, 6.07) is 0. The van der Waals surface area contributed by atoms with E-state index in [4.69, 9.17) is 9.47 Å². The van der Waals surface area contributed by atoms with Gasteiger partial charge in [-0.2, -0.15) is 0 Å². The van der Waals surface area contributed by atoms with Crippen LogP contribution in [0.5, 0.6) is 0 Å². The SMILES string of the molecule is CC(C)=C1OC(=S)O1. The molecule has 0 aromatic heterocycles. The minimum absolute atomic E-state index is 0.223. The molecule has 1 aliphatic heterocycles. The molecule has 0 atom stereocenters. The Morgan fingerprint density at radius 2 is 1.88 bits per heavy atom. The van der Waals surface area contributed by atoms with Crippen LogP contribution < -0.4 is 0 Å². The van der Waals surface area contributed by atoms with Gasteiger partial charge in [0.25, 0.3) is 5.95 Å². The zero-order valence-electron chi connectivity index (χ0n) is 4.72. The van der Waals surface area contributed by atoms with Gasteiger partial charge >= 0.3 is 5.24 Å². The zero-order chi connectivity index (χ0) is 6.15. The van der Waals surface area contributed by atoms with E-state index in [1.54, 1.807) is 0 Å². The molecule has 0 unspecified atom stereocenters. The number of hydrogen-bond acceptors (Lipinski definition) is 3.